The Balaban J connectivity index is 1.76. The number of aromatic nitrogens is 1. The van der Waals surface area contributed by atoms with E-state index in [4.69, 9.17) is 5.11 Å². The molecule has 5 rings (SSSR count). The van der Waals surface area contributed by atoms with Gasteiger partial charge in [-0.15, -0.1) is 11.8 Å². The van der Waals surface area contributed by atoms with Crippen molar-refractivity contribution < 1.29 is 36.6 Å². The molecule has 12 heteroatoms. The van der Waals surface area contributed by atoms with Crippen LogP contribution in [0.3, 0.4) is 0 Å². The van der Waals surface area contributed by atoms with Gasteiger partial charge in [-0.25, -0.2) is 8.78 Å². The van der Waals surface area contributed by atoms with Crippen LogP contribution in [0.4, 0.5) is 22.0 Å². The number of nitrogens with one attached hydrogen (secondary N) is 1. The van der Waals surface area contributed by atoms with Gasteiger partial charge in [0.25, 0.3) is 5.56 Å². The maximum absolute atomic E-state index is 15.9. The molecule has 0 fully saturated rings. The van der Waals surface area contributed by atoms with Crippen LogP contribution in [0.5, 0.6) is 0 Å². The molecule has 0 spiro atoms. The van der Waals surface area contributed by atoms with Crippen LogP contribution in [0.15, 0.2) is 76.6 Å². The van der Waals surface area contributed by atoms with Crippen molar-refractivity contribution in [1.29, 1.82) is 0 Å². The average molecular weight is 671 g/mol. The summed E-state index contributed by atoms with van der Waals surface area (Å²) in [5, 5.41) is 12.8. The molecule has 47 heavy (non-hydrogen) atoms. The molecule has 2 N–H and O–H groups in total. The van der Waals surface area contributed by atoms with Crippen molar-refractivity contribution >= 4 is 23.5 Å². The highest BCUT2D eigenvalue weighted by molar-refractivity contribution is 7.99. The second-order valence-corrected chi connectivity index (χ2v) is 12.3. The fourth-order valence-electron chi connectivity index (χ4n) is 6.11. The molecule has 2 heterocycles. The van der Waals surface area contributed by atoms with Crippen molar-refractivity contribution in [2.45, 2.75) is 56.4 Å². The molecule has 1 aliphatic heterocycles. The van der Waals surface area contributed by atoms with Crippen molar-refractivity contribution in [3.8, 4) is 11.1 Å². The number of carboxylic acid groups (broad SMARTS) is 1. The molecule has 3 aromatic carbocycles. The number of rotatable bonds is 11. The number of hydrogen-bond acceptors (Lipinski definition) is 5. The van der Waals surface area contributed by atoms with Crippen molar-refractivity contribution in [2.75, 3.05) is 12.3 Å². The van der Waals surface area contributed by atoms with Crippen molar-refractivity contribution in [2.24, 2.45) is 0 Å². The number of ketones is 1. The highest BCUT2D eigenvalue weighted by atomic mass is 32.2. The zero-order valence-corrected chi connectivity index (χ0v) is 26.3. The van der Waals surface area contributed by atoms with Crippen molar-refractivity contribution in [3.63, 3.8) is 0 Å². The third kappa shape index (κ3) is 6.89. The first-order chi connectivity index (χ1) is 22.3. The Hall–Kier alpha value is -4.29. The minimum absolute atomic E-state index is 0.0894. The van der Waals surface area contributed by atoms with E-state index >= 15 is 8.78 Å². The quantitative estimate of drug-likeness (QED) is 0.0964. The third-order valence-corrected chi connectivity index (χ3v) is 9.58. The standard InChI is InChI=1S/C35H31F5N2O4S/c1-19-24(17-25-26(35(38,39)40)13-7-14-27(25)36)34-42(33(46)30(19)23-12-6-11-22(20(2)43)31(23)37)28(18-47-34)32(21-9-4-3-5-10-21)41-16-8-15-29(44)45/h3-7,9-14,28,32,41H,8,15-18H2,1-2H3,(H,44,45). The molecule has 2 unspecified atom stereocenters. The normalized spacial score (nSPS) is 15.0. The minimum atomic E-state index is -4.86. The van der Waals surface area contributed by atoms with E-state index in [-0.39, 0.29) is 46.5 Å². The number of carboxylic acids is 1. The summed E-state index contributed by atoms with van der Waals surface area (Å²) in [6.45, 7) is 2.95. The molecule has 1 aromatic heterocycles. The Kier molecular flexibility index (Phi) is 10.0. The molecule has 6 nitrogen and oxygen atoms in total. The number of hydrogen-bond donors (Lipinski definition) is 2. The maximum Gasteiger partial charge on any atom is 0.416 e. The Morgan fingerprint density at radius 1 is 1.02 bits per heavy atom. The number of nitrogens with zero attached hydrogens (tertiary/aromatic N) is 1. The molecule has 0 radical (unpaired) electrons. The molecule has 0 saturated heterocycles. The predicted molar refractivity (Wildman–Crippen MR) is 169 cm³/mol. The smallest absolute Gasteiger partial charge is 0.416 e. The SMILES string of the molecule is CC(=O)c1cccc(-c2c(C)c(Cc3c(F)cccc3C(F)(F)F)c3n(c2=O)C(C(NCCCC(=O)O)c2ccccc2)CS3)c1F. The minimum Gasteiger partial charge on any atom is -0.481 e. The third-order valence-electron chi connectivity index (χ3n) is 8.36. The molecular formula is C35H31F5N2O4S. The summed E-state index contributed by atoms with van der Waals surface area (Å²) < 4.78 is 74.8. The zero-order valence-electron chi connectivity index (χ0n) is 25.5. The van der Waals surface area contributed by atoms with Gasteiger partial charge in [-0.05, 0) is 61.7 Å². The molecule has 246 valence electrons. The van der Waals surface area contributed by atoms with Crippen LogP contribution >= 0.6 is 11.8 Å². The summed E-state index contributed by atoms with van der Waals surface area (Å²) in [5.74, 6) is -3.27. The zero-order chi connectivity index (χ0) is 34.0. The van der Waals surface area contributed by atoms with Crippen molar-refractivity contribution in [1.82, 2.24) is 9.88 Å². The lowest BCUT2D eigenvalue weighted by Crippen LogP contribution is -2.36. The lowest BCUT2D eigenvalue weighted by atomic mass is 9.91. The van der Waals surface area contributed by atoms with Gasteiger partial charge in [0.05, 0.1) is 33.8 Å². The Morgan fingerprint density at radius 2 is 1.72 bits per heavy atom. The molecule has 2 atom stereocenters. The summed E-state index contributed by atoms with van der Waals surface area (Å²) in [6, 6.07) is 14.7. The predicted octanol–water partition coefficient (Wildman–Crippen LogP) is 7.76. The molecular weight excluding hydrogens is 639 g/mol. The summed E-state index contributed by atoms with van der Waals surface area (Å²) in [7, 11) is 0. The number of carbonyl (C=O) groups excluding carboxylic acids is 1. The second kappa shape index (κ2) is 13.8. The number of aliphatic carboxylic acids is 1. The topological polar surface area (TPSA) is 88.4 Å². The molecule has 1 aliphatic rings. The summed E-state index contributed by atoms with van der Waals surface area (Å²) in [6.07, 6.45) is -5.19. The van der Waals surface area contributed by atoms with Crippen LogP contribution in [0.1, 0.15) is 70.0 Å². The van der Waals surface area contributed by atoms with E-state index in [1.54, 1.807) is 12.1 Å². The van der Waals surface area contributed by atoms with Crippen LogP contribution in [-0.4, -0.2) is 33.7 Å². The number of fused-ring (bicyclic) bond motifs is 1. The first-order valence-electron chi connectivity index (χ1n) is 14.9. The first kappa shape index (κ1) is 34.1. The van der Waals surface area contributed by atoms with Crippen LogP contribution < -0.4 is 10.9 Å². The lowest BCUT2D eigenvalue weighted by Gasteiger charge is -2.28. The molecule has 0 saturated carbocycles. The van der Waals surface area contributed by atoms with Crippen LogP contribution in [0.25, 0.3) is 11.1 Å². The Bertz CT molecular complexity index is 1890. The largest absolute Gasteiger partial charge is 0.481 e. The van der Waals surface area contributed by atoms with Gasteiger partial charge in [-0.3, -0.25) is 19.0 Å². The fourth-order valence-corrected chi connectivity index (χ4v) is 7.54. The van der Waals surface area contributed by atoms with E-state index in [1.165, 1.54) is 48.4 Å². The summed E-state index contributed by atoms with van der Waals surface area (Å²) in [4.78, 5) is 37.9. The van der Waals surface area contributed by atoms with Gasteiger partial charge in [0.2, 0.25) is 0 Å². The number of carbonyl (C=O) groups is 2. The van der Waals surface area contributed by atoms with Gasteiger partial charge in [0, 0.05) is 29.7 Å². The van der Waals surface area contributed by atoms with E-state index < -0.39 is 64.8 Å². The van der Waals surface area contributed by atoms with Gasteiger partial charge in [-0.1, -0.05) is 48.5 Å². The van der Waals surface area contributed by atoms with Gasteiger partial charge < -0.3 is 10.4 Å². The van der Waals surface area contributed by atoms with Gasteiger partial charge in [0.15, 0.2) is 5.78 Å². The van der Waals surface area contributed by atoms with Crippen LogP contribution in [0.2, 0.25) is 0 Å². The van der Waals surface area contributed by atoms with Gasteiger partial charge in [0.1, 0.15) is 11.6 Å². The number of pyridine rings is 1. The first-order valence-corrected chi connectivity index (χ1v) is 15.8. The highest BCUT2D eigenvalue weighted by Crippen LogP contribution is 2.45. The number of thioether (sulfide) groups is 1. The highest BCUT2D eigenvalue weighted by Gasteiger charge is 2.38. The lowest BCUT2D eigenvalue weighted by molar-refractivity contribution is -0.138. The summed E-state index contributed by atoms with van der Waals surface area (Å²) in [5.41, 5.74) is -1.79. The fraction of sp³-hybridized carbons (Fsp3) is 0.286. The molecule has 4 aromatic rings. The van der Waals surface area contributed by atoms with E-state index in [9.17, 15) is 27.6 Å². The monoisotopic (exact) mass is 670 g/mol. The average Bonchev–Trinajstić information content (AvgIpc) is 3.45. The number of halogens is 5. The van der Waals surface area contributed by atoms with E-state index in [2.05, 4.69) is 5.32 Å². The maximum atomic E-state index is 15.9. The Labute approximate surface area is 271 Å². The van der Waals surface area contributed by atoms with Crippen LogP contribution in [0, 0.1) is 18.6 Å². The molecule has 0 amide bonds. The second-order valence-electron chi connectivity index (χ2n) is 11.3. The van der Waals surface area contributed by atoms with Crippen LogP contribution in [-0.2, 0) is 17.4 Å². The number of benzene rings is 3. The number of alkyl halides is 3. The Morgan fingerprint density at radius 3 is 2.38 bits per heavy atom. The molecule has 0 aliphatic carbocycles. The number of Topliss-reactive ketones (excluding diaryl/α,β-unsaturated/α-hetero) is 1. The van der Waals surface area contributed by atoms with E-state index in [0.29, 0.717) is 11.4 Å². The molecule has 0 bridgehead atoms. The van der Waals surface area contributed by atoms with E-state index in [0.717, 1.165) is 23.8 Å². The van der Waals surface area contributed by atoms with Gasteiger partial charge in [-0.2, -0.15) is 13.2 Å². The van der Waals surface area contributed by atoms with Gasteiger partial charge >= 0.3 is 12.1 Å². The van der Waals surface area contributed by atoms with E-state index in [1.807, 2.05) is 18.2 Å². The van der Waals surface area contributed by atoms with Crippen molar-refractivity contribution in [3.05, 3.63) is 122 Å². The summed E-state index contributed by atoms with van der Waals surface area (Å²) >= 11 is 1.23.